The van der Waals surface area contributed by atoms with Crippen molar-refractivity contribution >= 4 is 15.9 Å². The first-order chi connectivity index (χ1) is 5.95. The van der Waals surface area contributed by atoms with Gasteiger partial charge in [-0.1, -0.05) is 15.9 Å². The molecule has 0 amide bonds. The van der Waals surface area contributed by atoms with E-state index in [4.69, 9.17) is 0 Å². The van der Waals surface area contributed by atoms with E-state index in [1.807, 2.05) is 0 Å². The van der Waals surface area contributed by atoms with Crippen molar-refractivity contribution in [2.24, 2.45) is 0 Å². The molecule has 2 nitrogen and oxygen atoms in total. The highest BCUT2D eigenvalue weighted by atomic mass is 79.9. The molecule has 0 saturated carbocycles. The van der Waals surface area contributed by atoms with Gasteiger partial charge < -0.3 is 10.1 Å². The van der Waals surface area contributed by atoms with Crippen LogP contribution in [0.25, 0.3) is 0 Å². The van der Waals surface area contributed by atoms with Crippen LogP contribution in [0.1, 0.15) is 6.42 Å². The first kappa shape index (κ1) is 11.3. The van der Waals surface area contributed by atoms with Crippen molar-refractivity contribution in [1.29, 1.82) is 0 Å². The number of rotatable bonds is 2. The van der Waals surface area contributed by atoms with Crippen molar-refractivity contribution in [1.82, 2.24) is 5.32 Å². The zero-order valence-electron chi connectivity index (χ0n) is 7.12. The minimum absolute atomic E-state index is 0.0295. The van der Waals surface area contributed by atoms with E-state index in [-0.39, 0.29) is 19.0 Å². The lowest BCUT2D eigenvalue weighted by Gasteiger charge is -2.29. The Morgan fingerprint density at radius 2 is 2.23 bits per heavy atom. The molecule has 1 fully saturated rings. The van der Waals surface area contributed by atoms with Gasteiger partial charge in [-0.25, -0.2) is 0 Å². The second-order valence-corrected chi connectivity index (χ2v) is 3.78. The Balaban J connectivity index is 2.74. The second kappa shape index (κ2) is 3.74. The van der Waals surface area contributed by atoms with Crippen LogP contribution in [0.4, 0.5) is 13.2 Å². The zero-order chi connectivity index (χ0) is 10.1. The van der Waals surface area contributed by atoms with Crippen LogP contribution in [0.2, 0.25) is 0 Å². The Hall–Kier alpha value is 0.190. The maximum Gasteiger partial charge on any atom is 0.418 e. The zero-order valence-corrected chi connectivity index (χ0v) is 8.70. The lowest BCUT2D eigenvalue weighted by atomic mass is 10.00. The Morgan fingerprint density at radius 1 is 1.62 bits per heavy atom. The van der Waals surface area contributed by atoms with Gasteiger partial charge in [0.25, 0.3) is 0 Å². The Kier molecular flexibility index (Phi) is 3.24. The first-order valence-electron chi connectivity index (χ1n) is 3.86. The SMILES string of the molecule is CO[C@]1(C(F)(F)F)CN[C@H](CBr)C1. The largest absolute Gasteiger partial charge is 0.418 e. The highest BCUT2D eigenvalue weighted by Crippen LogP contribution is 2.39. The number of ether oxygens (including phenoxy) is 1. The molecule has 0 unspecified atom stereocenters. The van der Waals surface area contributed by atoms with Gasteiger partial charge in [-0.15, -0.1) is 0 Å². The monoisotopic (exact) mass is 261 g/mol. The van der Waals surface area contributed by atoms with Crippen molar-refractivity contribution in [2.75, 3.05) is 19.0 Å². The van der Waals surface area contributed by atoms with E-state index in [0.29, 0.717) is 5.33 Å². The van der Waals surface area contributed by atoms with Crippen LogP contribution in [0.3, 0.4) is 0 Å². The van der Waals surface area contributed by atoms with Crippen LogP contribution in [-0.2, 0) is 4.74 Å². The topological polar surface area (TPSA) is 21.3 Å². The average Bonchev–Trinajstić information content (AvgIpc) is 2.47. The van der Waals surface area contributed by atoms with Crippen LogP contribution in [0.15, 0.2) is 0 Å². The van der Waals surface area contributed by atoms with Gasteiger partial charge in [0.15, 0.2) is 5.60 Å². The lowest BCUT2D eigenvalue weighted by molar-refractivity contribution is -0.262. The van der Waals surface area contributed by atoms with Gasteiger partial charge in [0, 0.05) is 31.4 Å². The average molecular weight is 262 g/mol. The van der Waals surface area contributed by atoms with Crippen LogP contribution in [0.5, 0.6) is 0 Å². The normalized spacial score (nSPS) is 35.3. The molecule has 1 aliphatic heterocycles. The fourth-order valence-electron chi connectivity index (χ4n) is 1.45. The summed E-state index contributed by atoms with van der Waals surface area (Å²) in [5, 5.41) is 3.27. The van der Waals surface area contributed by atoms with Gasteiger partial charge in [0.1, 0.15) is 0 Å². The smallest absolute Gasteiger partial charge is 0.367 e. The molecular weight excluding hydrogens is 251 g/mol. The Labute approximate surface area is 83.0 Å². The molecule has 1 N–H and O–H groups in total. The summed E-state index contributed by atoms with van der Waals surface area (Å²) in [5.41, 5.74) is -1.99. The lowest BCUT2D eigenvalue weighted by Crippen LogP contribution is -2.48. The molecule has 0 aliphatic carbocycles. The Bertz CT molecular complexity index is 187. The highest BCUT2D eigenvalue weighted by Gasteiger charge is 2.58. The molecule has 1 saturated heterocycles. The molecule has 13 heavy (non-hydrogen) atoms. The number of hydrogen-bond donors (Lipinski definition) is 1. The van der Waals surface area contributed by atoms with Crippen molar-refractivity contribution in [3.63, 3.8) is 0 Å². The van der Waals surface area contributed by atoms with Crippen molar-refractivity contribution in [3.05, 3.63) is 0 Å². The third-order valence-electron chi connectivity index (χ3n) is 2.35. The molecule has 1 aliphatic rings. The molecule has 78 valence electrons. The highest BCUT2D eigenvalue weighted by molar-refractivity contribution is 9.09. The summed E-state index contributed by atoms with van der Waals surface area (Å²) >= 11 is 3.14. The van der Waals surface area contributed by atoms with Crippen LogP contribution >= 0.6 is 15.9 Å². The molecule has 2 atom stereocenters. The van der Waals surface area contributed by atoms with E-state index in [2.05, 4.69) is 26.0 Å². The van der Waals surface area contributed by atoms with E-state index < -0.39 is 11.8 Å². The van der Waals surface area contributed by atoms with E-state index in [0.717, 1.165) is 7.11 Å². The van der Waals surface area contributed by atoms with Crippen LogP contribution < -0.4 is 5.32 Å². The fourth-order valence-corrected chi connectivity index (χ4v) is 1.91. The molecule has 0 bridgehead atoms. The summed E-state index contributed by atoms with van der Waals surface area (Å²) in [7, 11) is 1.10. The van der Waals surface area contributed by atoms with Crippen molar-refractivity contribution in [2.45, 2.75) is 24.2 Å². The van der Waals surface area contributed by atoms with Crippen molar-refractivity contribution < 1.29 is 17.9 Å². The molecule has 0 aromatic rings. The third-order valence-corrected chi connectivity index (χ3v) is 3.13. The molecular formula is C7H11BrF3NO. The maximum absolute atomic E-state index is 12.5. The maximum atomic E-state index is 12.5. The third kappa shape index (κ3) is 1.99. The van der Waals surface area contributed by atoms with E-state index in [1.165, 1.54) is 0 Å². The van der Waals surface area contributed by atoms with Gasteiger partial charge in [-0.2, -0.15) is 13.2 Å². The predicted molar refractivity (Wildman–Crippen MR) is 46.0 cm³/mol. The number of halogens is 4. The molecule has 0 aromatic heterocycles. The van der Waals surface area contributed by atoms with E-state index >= 15 is 0 Å². The molecule has 0 aromatic carbocycles. The number of alkyl halides is 4. The summed E-state index contributed by atoms with van der Waals surface area (Å²) in [4.78, 5) is 0. The molecule has 6 heteroatoms. The number of nitrogens with one attached hydrogen (secondary N) is 1. The molecule has 0 radical (unpaired) electrons. The summed E-state index contributed by atoms with van der Waals surface area (Å²) in [5.74, 6) is 0. The summed E-state index contributed by atoms with van der Waals surface area (Å²) in [6, 6.07) is -0.165. The van der Waals surface area contributed by atoms with Crippen molar-refractivity contribution in [3.8, 4) is 0 Å². The van der Waals surface area contributed by atoms with Gasteiger partial charge >= 0.3 is 6.18 Å². The van der Waals surface area contributed by atoms with Gasteiger partial charge in [-0.3, -0.25) is 0 Å². The minimum atomic E-state index is -4.30. The van der Waals surface area contributed by atoms with Gasteiger partial charge in [0.05, 0.1) is 0 Å². The molecule has 1 rings (SSSR count). The minimum Gasteiger partial charge on any atom is -0.367 e. The summed E-state index contributed by atoms with van der Waals surface area (Å²) < 4.78 is 42.2. The summed E-state index contributed by atoms with van der Waals surface area (Å²) in [6.45, 7) is -0.163. The molecule has 1 heterocycles. The second-order valence-electron chi connectivity index (χ2n) is 3.13. The molecule has 0 spiro atoms. The van der Waals surface area contributed by atoms with E-state index in [1.54, 1.807) is 0 Å². The van der Waals surface area contributed by atoms with Gasteiger partial charge in [0.2, 0.25) is 0 Å². The van der Waals surface area contributed by atoms with Crippen LogP contribution in [0, 0.1) is 0 Å². The van der Waals surface area contributed by atoms with E-state index in [9.17, 15) is 13.2 Å². The predicted octanol–water partition coefficient (Wildman–Crippen LogP) is 1.69. The number of hydrogen-bond acceptors (Lipinski definition) is 2. The first-order valence-corrected chi connectivity index (χ1v) is 4.98. The quantitative estimate of drug-likeness (QED) is 0.764. The fraction of sp³-hybridized carbons (Fsp3) is 1.00. The Morgan fingerprint density at radius 3 is 2.46 bits per heavy atom. The number of methoxy groups -OCH3 is 1. The summed E-state index contributed by atoms with van der Waals surface area (Å²) in [6.07, 6.45) is -4.33. The van der Waals surface area contributed by atoms with Gasteiger partial charge in [-0.05, 0) is 0 Å². The standard InChI is InChI=1S/C7H11BrF3NO/c1-13-6(7(9,10)11)2-5(3-8)12-4-6/h5,12H,2-4H2,1H3/t5-,6-/m0/s1. The van der Waals surface area contributed by atoms with Crippen LogP contribution in [-0.4, -0.2) is 36.8 Å².